The van der Waals surface area contributed by atoms with Crippen molar-refractivity contribution in [3.63, 3.8) is 0 Å². The average Bonchev–Trinajstić information content (AvgIpc) is 3.09. The molecule has 0 spiro atoms. The summed E-state index contributed by atoms with van der Waals surface area (Å²) in [6, 6.07) is 0. The molecular formula is C17H19F3N6O5. The van der Waals surface area contributed by atoms with Gasteiger partial charge in [0, 0.05) is 39.8 Å². The van der Waals surface area contributed by atoms with Crippen molar-refractivity contribution in [2.45, 2.75) is 19.3 Å². The molecule has 0 bridgehead atoms. The van der Waals surface area contributed by atoms with E-state index >= 15 is 0 Å². The zero-order valence-corrected chi connectivity index (χ0v) is 16.4. The van der Waals surface area contributed by atoms with Crippen LogP contribution in [0.15, 0.2) is 22.2 Å². The number of carbonyl (C=O) groups is 2. The van der Waals surface area contributed by atoms with E-state index in [9.17, 15) is 32.3 Å². The van der Waals surface area contributed by atoms with Crippen LogP contribution < -0.4 is 21.5 Å². The van der Waals surface area contributed by atoms with Crippen LogP contribution in [-0.2, 0) is 34.5 Å². The number of allylic oxidation sites excluding steroid dienone is 1. The van der Waals surface area contributed by atoms with Crippen molar-refractivity contribution in [1.29, 1.82) is 0 Å². The first-order valence-electron chi connectivity index (χ1n) is 9.14. The van der Waals surface area contributed by atoms with Crippen molar-refractivity contribution in [3.05, 3.63) is 33.5 Å². The van der Waals surface area contributed by atoms with Crippen LogP contribution in [-0.4, -0.2) is 63.0 Å². The van der Waals surface area contributed by atoms with Gasteiger partial charge in [0.2, 0.25) is 5.95 Å². The van der Waals surface area contributed by atoms with Crippen molar-refractivity contribution in [1.82, 2.24) is 24.0 Å². The number of ether oxygens (including phenoxy) is 1. The maximum Gasteiger partial charge on any atom is 0.491 e. The number of aromatic nitrogens is 4. The van der Waals surface area contributed by atoms with Gasteiger partial charge in [-0.3, -0.25) is 9.36 Å². The minimum atomic E-state index is -5.39. The smallest absolute Gasteiger partial charge is 0.385 e. The molecule has 168 valence electrons. The molecule has 2 aromatic rings. The number of alkyl halides is 3. The van der Waals surface area contributed by atoms with Gasteiger partial charge in [-0.05, 0) is 0 Å². The van der Waals surface area contributed by atoms with Crippen LogP contribution in [0.5, 0.6) is 0 Å². The molecule has 1 N–H and O–H groups in total. The first kappa shape index (κ1) is 22.3. The van der Waals surface area contributed by atoms with Crippen LogP contribution in [0.2, 0.25) is 0 Å². The van der Waals surface area contributed by atoms with Gasteiger partial charge in [-0.1, -0.05) is 6.08 Å². The lowest BCUT2D eigenvalue weighted by Gasteiger charge is -2.28. The number of rotatable bonds is 5. The molecule has 1 fully saturated rings. The molecule has 31 heavy (non-hydrogen) atoms. The summed E-state index contributed by atoms with van der Waals surface area (Å²) in [6.07, 6.45) is -3.88. The zero-order chi connectivity index (χ0) is 22.9. The minimum absolute atomic E-state index is 0.0366. The van der Waals surface area contributed by atoms with E-state index in [0.29, 0.717) is 36.7 Å². The van der Waals surface area contributed by atoms with Crippen LogP contribution in [0.4, 0.5) is 19.1 Å². The molecule has 0 saturated carbocycles. The molecule has 3 heterocycles. The Bertz CT molecular complexity index is 1160. The summed E-state index contributed by atoms with van der Waals surface area (Å²) >= 11 is 0. The van der Waals surface area contributed by atoms with E-state index in [1.54, 1.807) is 0 Å². The Morgan fingerprint density at radius 2 is 1.87 bits per heavy atom. The number of carbonyl (C=O) groups excluding carboxylic acids is 2. The second-order valence-electron chi connectivity index (χ2n) is 6.71. The Labute approximate surface area is 172 Å². The molecule has 1 aliphatic rings. The van der Waals surface area contributed by atoms with E-state index in [1.807, 2.05) is 4.90 Å². The van der Waals surface area contributed by atoms with E-state index in [1.165, 1.54) is 17.7 Å². The number of hydrogen-bond donors (Lipinski definition) is 1. The monoisotopic (exact) mass is 444 g/mol. The fourth-order valence-corrected chi connectivity index (χ4v) is 3.23. The van der Waals surface area contributed by atoms with Gasteiger partial charge in [-0.2, -0.15) is 18.2 Å². The van der Waals surface area contributed by atoms with Gasteiger partial charge in [-0.25, -0.2) is 19.0 Å². The van der Waals surface area contributed by atoms with Crippen molar-refractivity contribution in [3.8, 4) is 0 Å². The molecule has 3 rings (SSSR count). The Morgan fingerprint density at radius 1 is 1.23 bits per heavy atom. The normalized spacial score (nSPS) is 14.6. The predicted molar refractivity (Wildman–Crippen MR) is 102 cm³/mol. The molecule has 14 heteroatoms. The highest BCUT2D eigenvalue weighted by Crippen LogP contribution is 2.20. The summed E-state index contributed by atoms with van der Waals surface area (Å²) in [5, 5.41) is 3.18. The van der Waals surface area contributed by atoms with Gasteiger partial charge in [-0.15, -0.1) is 6.58 Å². The Kier molecular flexibility index (Phi) is 6.01. The van der Waals surface area contributed by atoms with Crippen molar-refractivity contribution < 1.29 is 27.5 Å². The SMILES string of the molecule is C=CCn1c(N2CCNCC2)nc2c1c(=O)n(CC(=O)OC(=O)C(F)(F)F)c(=O)n2C. The number of fused-ring (bicyclic) bond motifs is 1. The Morgan fingerprint density at radius 3 is 2.45 bits per heavy atom. The molecule has 0 atom stereocenters. The van der Waals surface area contributed by atoms with Gasteiger partial charge in [0.15, 0.2) is 11.2 Å². The highest BCUT2D eigenvalue weighted by molar-refractivity contribution is 5.88. The lowest BCUT2D eigenvalue weighted by molar-refractivity contribution is -0.202. The van der Waals surface area contributed by atoms with E-state index in [2.05, 4.69) is 21.6 Å². The number of piperazine rings is 1. The highest BCUT2D eigenvalue weighted by Gasteiger charge is 2.42. The van der Waals surface area contributed by atoms with Crippen LogP contribution >= 0.6 is 0 Å². The number of nitrogens with one attached hydrogen (secondary N) is 1. The van der Waals surface area contributed by atoms with Gasteiger partial charge < -0.3 is 19.5 Å². The van der Waals surface area contributed by atoms with E-state index < -0.39 is 35.9 Å². The topological polar surface area (TPSA) is 120 Å². The number of halogens is 3. The minimum Gasteiger partial charge on any atom is -0.385 e. The molecule has 0 unspecified atom stereocenters. The summed E-state index contributed by atoms with van der Waals surface area (Å²) in [5.41, 5.74) is -1.94. The fourth-order valence-electron chi connectivity index (χ4n) is 3.23. The van der Waals surface area contributed by atoms with Crippen LogP contribution in [0.1, 0.15) is 0 Å². The summed E-state index contributed by atoms with van der Waals surface area (Å²) in [6.45, 7) is 5.17. The number of hydrogen-bond acceptors (Lipinski definition) is 8. The van der Waals surface area contributed by atoms with Gasteiger partial charge in [0.25, 0.3) is 5.56 Å². The average molecular weight is 444 g/mol. The molecule has 1 saturated heterocycles. The van der Waals surface area contributed by atoms with Crippen molar-refractivity contribution in [2.24, 2.45) is 7.05 Å². The third-order valence-electron chi connectivity index (χ3n) is 4.65. The predicted octanol–water partition coefficient (Wildman–Crippen LogP) is -0.876. The molecule has 11 nitrogen and oxygen atoms in total. The fraction of sp³-hybridized carbons (Fsp3) is 0.471. The zero-order valence-electron chi connectivity index (χ0n) is 16.4. The van der Waals surface area contributed by atoms with Crippen LogP contribution in [0.3, 0.4) is 0 Å². The van der Waals surface area contributed by atoms with E-state index in [4.69, 9.17) is 0 Å². The lowest BCUT2D eigenvalue weighted by atomic mass is 10.4. The maximum atomic E-state index is 13.0. The molecule has 0 aromatic carbocycles. The summed E-state index contributed by atoms with van der Waals surface area (Å²) < 4.78 is 43.5. The van der Waals surface area contributed by atoms with Crippen molar-refractivity contribution >= 4 is 29.1 Å². The molecule has 2 aromatic heterocycles. The summed E-state index contributed by atoms with van der Waals surface area (Å²) in [4.78, 5) is 54.6. The highest BCUT2D eigenvalue weighted by atomic mass is 19.4. The van der Waals surface area contributed by atoms with Gasteiger partial charge >= 0.3 is 23.8 Å². The first-order chi connectivity index (χ1) is 14.6. The molecule has 1 aliphatic heterocycles. The van der Waals surface area contributed by atoms with Crippen LogP contribution in [0, 0.1) is 0 Å². The number of nitrogens with zero attached hydrogens (tertiary/aromatic N) is 5. The van der Waals surface area contributed by atoms with Crippen molar-refractivity contribution in [2.75, 3.05) is 31.1 Å². The lowest BCUT2D eigenvalue weighted by Crippen LogP contribution is -2.44. The third kappa shape index (κ3) is 4.23. The quantitative estimate of drug-likeness (QED) is 0.359. The Balaban J connectivity index is 2.10. The molecular weight excluding hydrogens is 425 g/mol. The summed E-state index contributed by atoms with van der Waals surface area (Å²) in [5.74, 6) is -4.02. The van der Waals surface area contributed by atoms with E-state index in [0.717, 1.165) is 4.57 Å². The third-order valence-corrected chi connectivity index (χ3v) is 4.65. The number of imidazole rings is 1. The molecule has 0 amide bonds. The standard InChI is InChI=1S/C17H19F3N6O5/c1-3-6-25-11-12(22-15(25)24-7-4-21-5-8-24)23(2)16(30)26(13(11)28)9-10(27)31-14(29)17(18,19)20/h3,21H,1,4-9H2,2H3. The van der Waals surface area contributed by atoms with Gasteiger partial charge in [0.1, 0.15) is 6.54 Å². The second kappa shape index (κ2) is 8.37. The molecule has 0 radical (unpaired) electrons. The van der Waals surface area contributed by atoms with E-state index in [-0.39, 0.29) is 17.7 Å². The van der Waals surface area contributed by atoms with Crippen LogP contribution in [0.25, 0.3) is 11.2 Å². The first-order valence-corrected chi connectivity index (χ1v) is 9.14. The Hall–Kier alpha value is -3.42. The maximum absolute atomic E-state index is 13.0. The molecule has 0 aliphatic carbocycles. The largest absolute Gasteiger partial charge is 0.491 e. The second-order valence-corrected chi connectivity index (χ2v) is 6.71. The van der Waals surface area contributed by atoms with Gasteiger partial charge in [0.05, 0.1) is 0 Å². The number of aryl methyl sites for hydroxylation is 1. The number of esters is 2. The summed E-state index contributed by atoms with van der Waals surface area (Å²) in [7, 11) is 1.31. The number of anilines is 1.